The van der Waals surface area contributed by atoms with Crippen molar-refractivity contribution in [2.75, 3.05) is 23.7 Å². The van der Waals surface area contributed by atoms with Gasteiger partial charge in [0.05, 0.1) is 11.5 Å². The lowest BCUT2D eigenvalue weighted by molar-refractivity contribution is -0.120. The van der Waals surface area contributed by atoms with Crippen molar-refractivity contribution in [2.24, 2.45) is 5.73 Å². The molecule has 0 bridgehead atoms. The first kappa shape index (κ1) is 21.7. The lowest BCUT2D eigenvalue weighted by Crippen LogP contribution is -2.32. The quantitative estimate of drug-likeness (QED) is 0.568. The van der Waals surface area contributed by atoms with Gasteiger partial charge in [-0.2, -0.15) is 0 Å². The Bertz CT molecular complexity index is 889. The number of nitrogens with zero attached hydrogens (tertiary/aromatic N) is 1. The summed E-state index contributed by atoms with van der Waals surface area (Å²) < 4.78 is 0. The third-order valence-electron chi connectivity index (χ3n) is 5.98. The van der Waals surface area contributed by atoms with E-state index in [0.29, 0.717) is 5.69 Å². The van der Waals surface area contributed by atoms with Gasteiger partial charge in [0, 0.05) is 30.4 Å². The molecule has 2 aromatic rings. The maximum atomic E-state index is 12.6. The first-order chi connectivity index (χ1) is 14.4. The van der Waals surface area contributed by atoms with E-state index in [4.69, 9.17) is 11.5 Å². The number of hydrogen-bond donors (Lipinski definition) is 3. The second-order valence-corrected chi connectivity index (χ2v) is 8.07. The maximum Gasteiger partial charge on any atom is 0.335 e. The Kier molecular flexibility index (Phi) is 6.98. The summed E-state index contributed by atoms with van der Waals surface area (Å²) >= 11 is 0. The number of carbonyl (C=O) groups is 2. The molecule has 5 N–H and O–H groups in total. The van der Waals surface area contributed by atoms with Crippen LogP contribution in [0.2, 0.25) is 0 Å². The highest BCUT2D eigenvalue weighted by molar-refractivity contribution is 5.88. The van der Waals surface area contributed by atoms with Crippen molar-refractivity contribution in [3.8, 4) is 0 Å². The average Bonchev–Trinajstić information content (AvgIpc) is 2.74. The zero-order valence-corrected chi connectivity index (χ0v) is 17.5. The minimum atomic E-state index is -0.992. The van der Waals surface area contributed by atoms with Crippen LogP contribution in [0.25, 0.3) is 0 Å². The fourth-order valence-corrected chi connectivity index (χ4v) is 4.52. The molecule has 3 rings (SSSR count). The number of benzene rings is 2. The standard InChI is InChI=1S/C24H31N3O3/c1-2-6-20(22(23(26)28)16-7-9-17(10-8-16)24(29)30)19-12-11-18(25)15-21(19)27-13-4-3-5-14-27/h7-12,15,20,22H,2-6,13-14,25H2,1H3,(H2,26,28)(H,29,30). The van der Waals surface area contributed by atoms with E-state index in [0.717, 1.165) is 55.6 Å². The van der Waals surface area contributed by atoms with E-state index in [1.54, 1.807) is 12.1 Å². The number of amides is 1. The molecule has 6 heteroatoms. The van der Waals surface area contributed by atoms with Gasteiger partial charge in [0.25, 0.3) is 0 Å². The normalized spacial score (nSPS) is 16.1. The number of carbonyl (C=O) groups excluding carboxylic acids is 1. The van der Waals surface area contributed by atoms with Crippen molar-refractivity contribution in [3.63, 3.8) is 0 Å². The van der Waals surface area contributed by atoms with E-state index >= 15 is 0 Å². The Morgan fingerprint density at radius 2 is 1.73 bits per heavy atom. The van der Waals surface area contributed by atoms with Gasteiger partial charge in [-0.1, -0.05) is 31.5 Å². The summed E-state index contributed by atoms with van der Waals surface area (Å²) in [6, 6.07) is 12.4. The number of aromatic carboxylic acids is 1. The molecule has 1 fully saturated rings. The number of nitrogen functional groups attached to an aromatic ring is 1. The molecule has 1 amide bonds. The number of primary amides is 1. The summed E-state index contributed by atoms with van der Waals surface area (Å²) in [5.41, 5.74) is 15.8. The van der Waals surface area contributed by atoms with Crippen LogP contribution in [0.1, 0.15) is 72.3 Å². The van der Waals surface area contributed by atoms with Crippen LogP contribution in [0, 0.1) is 0 Å². The van der Waals surface area contributed by atoms with Crippen LogP contribution in [0.4, 0.5) is 11.4 Å². The van der Waals surface area contributed by atoms with E-state index in [9.17, 15) is 14.7 Å². The predicted octanol–water partition coefficient (Wildman–Crippen LogP) is 4.11. The van der Waals surface area contributed by atoms with Crippen LogP contribution < -0.4 is 16.4 Å². The minimum Gasteiger partial charge on any atom is -0.478 e. The minimum absolute atomic E-state index is 0.110. The molecule has 0 aromatic heterocycles. The Hall–Kier alpha value is -3.02. The van der Waals surface area contributed by atoms with Gasteiger partial charge in [0.2, 0.25) is 5.91 Å². The Morgan fingerprint density at radius 1 is 1.07 bits per heavy atom. The number of hydrogen-bond acceptors (Lipinski definition) is 4. The molecule has 0 spiro atoms. The number of carboxylic acid groups (broad SMARTS) is 1. The van der Waals surface area contributed by atoms with Gasteiger partial charge in [-0.05, 0) is 61.1 Å². The van der Waals surface area contributed by atoms with Gasteiger partial charge < -0.3 is 21.5 Å². The summed E-state index contributed by atoms with van der Waals surface area (Å²) in [7, 11) is 0. The smallest absolute Gasteiger partial charge is 0.335 e. The van der Waals surface area contributed by atoms with Crippen LogP contribution in [-0.2, 0) is 4.79 Å². The number of carboxylic acids is 1. The monoisotopic (exact) mass is 409 g/mol. The van der Waals surface area contributed by atoms with E-state index in [2.05, 4.69) is 11.8 Å². The highest BCUT2D eigenvalue weighted by Crippen LogP contribution is 2.42. The summed E-state index contributed by atoms with van der Waals surface area (Å²) in [4.78, 5) is 26.2. The van der Waals surface area contributed by atoms with Crippen molar-refractivity contribution in [1.29, 1.82) is 0 Å². The molecule has 2 atom stereocenters. The highest BCUT2D eigenvalue weighted by Gasteiger charge is 2.32. The van der Waals surface area contributed by atoms with Crippen molar-refractivity contribution in [2.45, 2.75) is 50.9 Å². The van der Waals surface area contributed by atoms with Crippen LogP contribution >= 0.6 is 0 Å². The zero-order chi connectivity index (χ0) is 21.7. The van der Waals surface area contributed by atoms with E-state index in [1.807, 2.05) is 18.2 Å². The third kappa shape index (κ3) is 4.75. The number of nitrogens with two attached hydrogens (primary N) is 2. The van der Waals surface area contributed by atoms with Crippen molar-refractivity contribution in [3.05, 3.63) is 59.2 Å². The molecule has 30 heavy (non-hydrogen) atoms. The van der Waals surface area contributed by atoms with Crippen molar-refractivity contribution in [1.82, 2.24) is 0 Å². The molecule has 160 valence electrons. The second kappa shape index (κ2) is 9.65. The van der Waals surface area contributed by atoms with Crippen LogP contribution in [0.3, 0.4) is 0 Å². The third-order valence-corrected chi connectivity index (χ3v) is 5.98. The number of rotatable bonds is 8. The van der Waals surface area contributed by atoms with Gasteiger partial charge >= 0.3 is 5.97 Å². The van der Waals surface area contributed by atoms with Gasteiger partial charge in [-0.25, -0.2) is 4.79 Å². The highest BCUT2D eigenvalue weighted by atomic mass is 16.4. The van der Waals surface area contributed by atoms with E-state index in [-0.39, 0.29) is 11.5 Å². The van der Waals surface area contributed by atoms with E-state index in [1.165, 1.54) is 18.6 Å². The molecule has 2 aromatic carbocycles. The zero-order valence-electron chi connectivity index (χ0n) is 17.5. The molecular weight excluding hydrogens is 378 g/mol. The maximum absolute atomic E-state index is 12.6. The molecule has 1 saturated heterocycles. The lowest BCUT2D eigenvalue weighted by atomic mass is 9.77. The van der Waals surface area contributed by atoms with Gasteiger partial charge in [-0.3, -0.25) is 4.79 Å². The van der Waals surface area contributed by atoms with Crippen LogP contribution in [0.5, 0.6) is 0 Å². The summed E-state index contributed by atoms with van der Waals surface area (Å²) in [5, 5.41) is 9.19. The Labute approximate surface area is 177 Å². The molecule has 2 unspecified atom stereocenters. The molecule has 0 saturated carbocycles. The van der Waals surface area contributed by atoms with E-state index < -0.39 is 17.8 Å². The van der Waals surface area contributed by atoms with Crippen molar-refractivity contribution >= 4 is 23.3 Å². The number of anilines is 2. The van der Waals surface area contributed by atoms with Gasteiger partial charge in [0.15, 0.2) is 0 Å². The summed E-state index contributed by atoms with van der Waals surface area (Å²) in [6.45, 7) is 4.05. The van der Waals surface area contributed by atoms with Gasteiger partial charge in [-0.15, -0.1) is 0 Å². The second-order valence-electron chi connectivity index (χ2n) is 8.07. The molecule has 1 heterocycles. The molecule has 1 aliphatic rings. The van der Waals surface area contributed by atoms with Crippen molar-refractivity contribution < 1.29 is 14.7 Å². The SMILES string of the molecule is CCCC(c1ccc(N)cc1N1CCCCC1)C(C(N)=O)c1ccc(C(=O)O)cc1. The summed E-state index contributed by atoms with van der Waals surface area (Å²) in [6.07, 6.45) is 5.20. The Morgan fingerprint density at radius 3 is 2.30 bits per heavy atom. The Balaban J connectivity index is 2.06. The van der Waals surface area contributed by atoms with Crippen LogP contribution in [0.15, 0.2) is 42.5 Å². The summed E-state index contributed by atoms with van der Waals surface area (Å²) in [5.74, 6) is -2.05. The first-order valence-corrected chi connectivity index (χ1v) is 10.7. The first-order valence-electron chi connectivity index (χ1n) is 10.7. The van der Waals surface area contributed by atoms with Crippen LogP contribution in [-0.4, -0.2) is 30.1 Å². The fraction of sp³-hybridized carbons (Fsp3) is 0.417. The topological polar surface area (TPSA) is 110 Å². The lowest BCUT2D eigenvalue weighted by Gasteiger charge is -2.34. The molecule has 0 aliphatic carbocycles. The average molecular weight is 410 g/mol. The molecule has 6 nitrogen and oxygen atoms in total. The molecule has 0 radical (unpaired) electrons. The number of piperidine rings is 1. The molecule has 1 aliphatic heterocycles. The predicted molar refractivity (Wildman–Crippen MR) is 120 cm³/mol. The van der Waals surface area contributed by atoms with Gasteiger partial charge in [0.1, 0.15) is 0 Å². The molecular formula is C24H31N3O3. The largest absolute Gasteiger partial charge is 0.478 e. The fourth-order valence-electron chi connectivity index (χ4n) is 4.52.